The molecule has 0 saturated carbocycles. The van der Waals surface area contributed by atoms with Crippen LogP contribution < -0.4 is 0 Å². The molecule has 2 aliphatic rings. The molecule has 0 radical (unpaired) electrons. The van der Waals surface area contributed by atoms with Gasteiger partial charge in [-0.25, -0.2) is 29.9 Å². The standard InChI is InChI=1S/C34H12N8/c1-39-25-10-6-9-23(16-25)32-33(30(20-38)41-3)26-13-14-28(29(19-37)40-2)31(22-8-5-7-21(15-22)17-35)24(18-36)11-12-27(26)34(32)42-4/h5-16H/b12-11+,14-13?,29-28+,31-24+,33-30-. The molecule has 0 unspecified atom stereocenters. The zero-order valence-corrected chi connectivity index (χ0v) is 21.5. The van der Waals surface area contributed by atoms with Crippen molar-refractivity contribution in [2.45, 2.75) is 0 Å². The molecule has 2 aromatic rings. The Morgan fingerprint density at radius 3 is 1.90 bits per heavy atom. The highest BCUT2D eigenvalue weighted by Crippen LogP contribution is 2.48. The van der Waals surface area contributed by atoms with E-state index >= 15 is 0 Å². The van der Waals surface area contributed by atoms with Crippen LogP contribution >= 0.6 is 0 Å². The third-order valence-corrected chi connectivity index (χ3v) is 6.38. The molecular weight excluding hydrogens is 520 g/mol. The van der Waals surface area contributed by atoms with E-state index in [1.54, 1.807) is 42.5 Å². The van der Waals surface area contributed by atoms with Crippen LogP contribution in [0.5, 0.6) is 0 Å². The van der Waals surface area contributed by atoms with E-state index in [1.165, 1.54) is 30.4 Å². The van der Waals surface area contributed by atoms with Crippen LogP contribution in [-0.4, -0.2) is 0 Å². The predicted octanol–water partition coefficient (Wildman–Crippen LogP) is 7.55. The first-order valence-electron chi connectivity index (χ1n) is 11.9. The van der Waals surface area contributed by atoms with Gasteiger partial charge >= 0.3 is 0 Å². The smallest absolute Gasteiger partial charge is 0.238 e. The Morgan fingerprint density at radius 2 is 1.31 bits per heavy atom. The van der Waals surface area contributed by atoms with Crippen molar-refractivity contribution in [1.29, 1.82) is 21.0 Å². The van der Waals surface area contributed by atoms with Crippen molar-refractivity contribution in [2.24, 2.45) is 0 Å². The van der Waals surface area contributed by atoms with Crippen LogP contribution in [0.25, 0.3) is 30.5 Å². The van der Waals surface area contributed by atoms with Crippen LogP contribution in [0.4, 0.5) is 5.69 Å². The first-order valence-corrected chi connectivity index (χ1v) is 11.9. The third kappa shape index (κ3) is 4.75. The first kappa shape index (κ1) is 27.6. The second-order valence-corrected chi connectivity index (χ2v) is 8.52. The fourth-order valence-electron chi connectivity index (χ4n) is 4.64. The summed E-state index contributed by atoms with van der Waals surface area (Å²) in [6.45, 7) is 30.8. The van der Waals surface area contributed by atoms with Gasteiger partial charge in [0.05, 0.1) is 61.7 Å². The average molecular weight is 533 g/mol. The number of rotatable bonds is 2. The summed E-state index contributed by atoms with van der Waals surface area (Å²) in [6.07, 6.45) is 5.93. The summed E-state index contributed by atoms with van der Waals surface area (Å²) in [5.41, 5.74) is 2.37. The maximum Gasteiger partial charge on any atom is 0.269 e. The van der Waals surface area contributed by atoms with Crippen LogP contribution in [0.2, 0.25) is 0 Å². The fraction of sp³-hybridized carbons (Fsp3) is 0. The molecule has 4 rings (SSSR count). The van der Waals surface area contributed by atoms with Gasteiger partial charge in [0.25, 0.3) is 11.4 Å². The first-order chi connectivity index (χ1) is 20.5. The summed E-state index contributed by atoms with van der Waals surface area (Å²) in [4.78, 5) is 14.0. The Kier molecular flexibility index (Phi) is 7.84. The molecular formula is C34H12N8. The van der Waals surface area contributed by atoms with Gasteiger partial charge in [0, 0.05) is 5.57 Å². The van der Waals surface area contributed by atoms with Crippen LogP contribution in [-0.2, 0) is 0 Å². The van der Waals surface area contributed by atoms with Crippen molar-refractivity contribution in [3.05, 3.63) is 180 Å². The Labute approximate surface area is 242 Å². The van der Waals surface area contributed by atoms with E-state index in [0.29, 0.717) is 33.5 Å². The topological polar surface area (TPSA) is 113 Å². The van der Waals surface area contributed by atoms with E-state index in [9.17, 15) is 21.0 Å². The molecule has 0 saturated heterocycles. The number of benzene rings is 2. The maximum absolute atomic E-state index is 10.2. The minimum absolute atomic E-state index is 0.0545. The summed E-state index contributed by atoms with van der Waals surface area (Å²) in [5, 5.41) is 39.5. The van der Waals surface area contributed by atoms with E-state index in [2.05, 4.69) is 25.4 Å². The minimum atomic E-state index is -0.327. The Hall–Kier alpha value is -7.46. The normalized spacial score (nSPS) is 18.5. The Balaban J connectivity index is 2.17. The molecule has 0 bridgehead atoms. The van der Waals surface area contributed by atoms with Gasteiger partial charge < -0.3 is 0 Å². The van der Waals surface area contributed by atoms with Gasteiger partial charge in [-0.05, 0) is 57.2 Å². The summed E-state index contributed by atoms with van der Waals surface area (Å²) >= 11 is 0. The second kappa shape index (κ2) is 11.9. The second-order valence-electron chi connectivity index (χ2n) is 8.52. The lowest BCUT2D eigenvalue weighted by Crippen LogP contribution is -1.97. The van der Waals surface area contributed by atoms with Gasteiger partial charge in [-0.1, -0.05) is 54.6 Å². The van der Waals surface area contributed by atoms with Crippen molar-refractivity contribution >= 4 is 16.8 Å². The van der Waals surface area contributed by atoms with Gasteiger partial charge in [-0.15, -0.1) is 0 Å². The van der Waals surface area contributed by atoms with Crippen molar-refractivity contribution in [2.75, 3.05) is 0 Å². The van der Waals surface area contributed by atoms with Crippen molar-refractivity contribution in [3.8, 4) is 24.3 Å². The molecule has 0 atom stereocenters. The van der Waals surface area contributed by atoms with Gasteiger partial charge in [-0.2, -0.15) is 10.5 Å². The summed E-state index contributed by atoms with van der Waals surface area (Å²) in [7, 11) is 0. The lowest BCUT2D eigenvalue weighted by atomic mass is 9.89. The van der Waals surface area contributed by atoms with Crippen LogP contribution in [0.3, 0.4) is 0 Å². The quantitative estimate of drug-likeness (QED) is 0.293. The highest BCUT2D eigenvalue weighted by Gasteiger charge is 2.31. The SMILES string of the molecule is [C-]#[N+]C1=C(c2cccc([N+]#[C-])c2)/C(=C(/C#N)[N+]#[C-])C2=C1/C=C/C(C#N)=C(c1cccc(C#N)c1)\C(=C(/C#N)[N+]#[C-])C=C2. The van der Waals surface area contributed by atoms with Crippen molar-refractivity contribution in [1.82, 2.24) is 0 Å². The van der Waals surface area contributed by atoms with Gasteiger partial charge in [-0.3, -0.25) is 0 Å². The Bertz CT molecular complexity index is 2120. The molecule has 0 fully saturated rings. The highest BCUT2D eigenvalue weighted by atomic mass is 14.7. The zero-order valence-electron chi connectivity index (χ0n) is 21.5. The number of hydrogen-bond acceptors (Lipinski definition) is 4. The number of nitrogens with zero attached hydrogens (tertiary/aromatic N) is 8. The summed E-state index contributed by atoms with van der Waals surface area (Å²) in [5.74, 6) is 0. The van der Waals surface area contributed by atoms with Crippen molar-refractivity contribution < 1.29 is 0 Å². The van der Waals surface area contributed by atoms with E-state index in [4.69, 9.17) is 26.3 Å². The maximum atomic E-state index is 10.2. The van der Waals surface area contributed by atoms with Crippen LogP contribution in [0.1, 0.15) is 16.7 Å². The lowest BCUT2D eigenvalue weighted by molar-refractivity contribution is 1.42. The van der Waals surface area contributed by atoms with E-state index < -0.39 is 0 Å². The molecule has 2 aromatic carbocycles. The molecule has 0 amide bonds. The molecule has 8 nitrogen and oxygen atoms in total. The molecule has 42 heavy (non-hydrogen) atoms. The molecule has 2 aliphatic carbocycles. The Morgan fingerprint density at radius 1 is 0.643 bits per heavy atom. The third-order valence-electron chi connectivity index (χ3n) is 6.38. The van der Waals surface area contributed by atoms with Crippen molar-refractivity contribution in [3.63, 3.8) is 0 Å². The zero-order chi connectivity index (χ0) is 30.2. The highest BCUT2D eigenvalue weighted by molar-refractivity contribution is 5.99. The van der Waals surface area contributed by atoms with E-state index in [0.717, 1.165) is 0 Å². The fourth-order valence-corrected chi connectivity index (χ4v) is 4.64. The van der Waals surface area contributed by atoms with E-state index in [-0.39, 0.29) is 45.0 Å². The molecule has 0 N–H and O–H groups in total. The van der Waals surface area contributed by atoms with Gasteiger partial charge in [0.1, 0.15) is 0 Å². The lowest BCUT2D eigenvalue weighted by Gasteiger charge is -2.13. The number of hydrogen-bond donors (Lipinski definition) is 0. The van der Waals surface area contributed by atoms with Gasteiger partial charge in [0.15, 0.2) is 5.69 Å². The average Bonchev–Trinajstić information content (AvgIpc) is 3.37. The molecule has 0 spiro atoms. The monoisotopic (exact) mass is 532 g/mol. The van der Waals surface area contributed by atoms with Crippen LogP contribution in [0.15, 0.2) is 118 Å². The predicted molar refractivity (Wildman–Crippen MR) is 154 cm³/mol. The molecule has 188 valence electrons. The number of allylic oxidation sites excluding steroid dienone is 12. The summed E-state index contributed by atoms with van der Waals surface area (Å²) in [6, 6.07) is 20.8. The van der Waals surface area contributed by atoms with E-state index in [1.807, 2.05) is 18.2 Å². The minimum Gasteiger partial charge on any atom is -0.238 e. The van der Waals surface area contributed by atoms with Crippen LogP contribution in [0, 0.1) is 71.6 Å². The molecule has 8 heteroatoms. The molecule has 0 aromatic heterocycles. The largest absolute Gasteiger partial charge is 0.269 e. The molecule has 0 aliphatic heterocycles. The molecule has 0 heterocycles. The summed E-state index contributed by atoms with van der Waals surface area (Å²) < 4.78 is 0. The number of nitriles is 4. The van der Waals surface area contributed by atoms with Gasteiger partial charge in [0.2, 0.25) is 5.70 Å².